The Morgan fingerprint density at radius 3 is 2.83 bits per heavy atom. The summed E-state index contributed by atoms with van der Waals surface area (Å²) in [6.07, 6.45) is 2.75. The molecule has 0 radical (unpaired) electrons. The molecule has 1 aliphatic heterocycles. The third kappa shape index (κ3) is 3.68. The zero-order valence-electron chi connectivity index (χ0n) is 9.87. The van der Waals surface area contributed by atoms with Gasteiger partial charge in [0, 0.05) is 18.7 Å². The average Bonchev–Trinajstić information content (AvgIpc) is 2.88. The number of hydrogen-bond donors (Lipinski definition) is 1. The molecule has 2 heterocycles. The molecule has 0 saturated carbocycles. The number of aromatic carboxylic acids is 1. The Bertz CT molecular complexity index is 386. The maximum Gasteiger partial charge on any atom is 0.337 e. The molecule has 0 aromatic carbocycles. The number of rotatable bonds is 6. The first kappa shape index (κ1) is 12.8. The molecule has 0 unspecified atom stereocenters. The van der Waals surface area contributed by atoms with Crippen molar-refractivity contribution in [1.29, 1.82) is 0 Å². The van der Waals surface area contributed by atoms with E-state index in [1.807, 2.05) is 0 Å². The normalized spacial score (nSPS) is 15.8. The summed E-state index contributed by atoms with van der Waals surface area (Å²) < 4.78 is 16.0. The van der Waals surface area contributed by atoms with E-state index in [4.69, 9.17) is 19.3 Å². The van der Waals surface area contributed by atoms with Crippen molar-refractivity contribution < 1.29 is 24.1 Å². The first-order chi connectivity index (χ1) is 8.75. The fourth-order valence-electron chi connectivity index (χ4n) is 1.59. The van der Waals surface area contributed by atoms with Crippen LogP contribution in [-0.4, -0.2) is 42.2 Å². The SMILES string of the molecule is O=C(O)c1ccc(OCCCC2OCCO2)nc1. The predicted octanol–water partition coefficient (Wildman–Crippen LogP) is 1.31. The highest BCUT2D eigenvalue weighted by Gasteiger charge is 2.14. The van der Waals surface area contributed by atoms with E-state index in [2.05, 4.69) is 4.98 Å². The van der Waals surface area contributed by atoms with Crippen molar-refractivity contribution in [3.63, 3.8) is 0 Å². The van der Waals surface area contributed by atoms with Gasteiger partial charge in [0.1, 0.15) is 0 Å². The van der Waals surface area contributed by atoms with Gasteiger partial charge < -0.3 is 19.3 Å². The molecule has 6 heteroatoms. The van der Waals surface area contributed by atoms with Crippen LogP contribution in [0.15, 0.2) is 18.3 Å². The van der Waals surface area contributed by atoms with Crippen LogP contribution >= 0.6 is 0 Å². The fraction of sp³-hybridized carbons (Fsp3) is 0.500. The molecule has 1 fully saturated rings. The van der Waals surface area contributed by atoms with E-state index in [0.717, 1.165) is 12.8 Å². The van der Waals surface area contributed by atoms with Crippen LogP contribution in [0.3, 0.4) is 0 Å². The van der Waals surface area contributed by atoms with Crippen LogP contribution in [-0.2, 0) is 9.47 Å². The van der Waals surface area contributed by atoms with Crippen LogP contribution in [0.4, 0.5) is 0 Å². The van der Waals surface area contributed by atoms with Crippen LogP contribution in [0.2, 0.25) is 0 Å². The van der Waals surface area contributed by atoms with Crippen molar-refractivity contribution in [3.8, 4) is 5.88 Å². The summed E-state index contributed by atoms with van der Waals surface area (Å²) in [7, 11) is 0. The average molecular weight is 253 g/mol. The van der Waals surface area contributed by atoms with Crippen LogP contribution in [0.5, 0.6) is 5.88 Å². The van der Waals surface area contributed by atoms with Crippen molar-refractivity contribution in [2.24, 2.45) is 0 Å². The van der Waals surface area contributed by atoms with Gasteiger partial charge in [0.2, 0.25) is 5.88 Å². The lowest BCUT2D eigenvalue weighted by Gasteiger charge is -2.09. The van der Waals surface area contributed by atoms with Gasteiger partial charge in [-0.3, -0.25) is 0 Å². The van der Waals surface area contributed by atoms with Crippen molar-refractivity contribution in [2.45, 2.75) is 19.1 Å². The van der Waals surface area contributed by atoms with Gasteiger partial charge in [-0.05, 0) is 12.5 Å². The van der Waals surface area contributed by atoms with Gasteiger partial charge in [-0.1, -0.05) is 0 Å². The summed E-state index contributed by atoms with van der Waals surface area (Å²) in [5, 5.41) is 8.70. The molecule has 6 nitrogen and oxygen atoms in total. The lowest BCUT2D eigenvalue weighted by atomic mass is 10.3. The topological polar surface area (TPSA) is 77.9 Å². The van der Waals surface area contributed by atoms with Crippen LogP contribution in [0.1, 0.15) is 23.2 Å². The molecule has 2 rings (SSSR count). The monoisotopic (exact) mass is 253 g/mol. The van der Waals surface area contributed by atoms with Crippen molar-refractivity contribution in [1.82, 2.24) is 4.98 Å². The second kappa shape index (κ2) is 6.32. The number of ether oxygens (including phenoxy) is 3. The molecule has 0 aliphatic carbocycles. The van der Waals surface area contributed by atoms with Gasteiger partial charge in [-0.25, -0.2) is 9.78 Å². The molecule has 0 amide bonds. The predicted molar refractivity (Wildman–Crippen MR) is 61.6 cm³/mol. The van der Waals surface area contributed by atoms with Crippen LogP contribution in [0.25, 0.3) is 0 Å². The molecule has 1 N–H and O–H groups in total. The second-order valence-corrected chi connectivity index (χ2v) is 3.85. The number of pyridine rings is 1. The summed E-state index contributed by atoms with van der Waals surface area (Å²) >= 11 is 0. The first-order valence-corrected chi connectivity index (χ1v) is 5.81. The molecule has 0 spiro atoms. The lowest BCUT2D eigenvalue weighted by Crippen LogP contribution is -2.10. The molecule has 1 saturated heterocycles. The van der Waals surface area contributed by atoms with Gasteiger partial charge in [0.15, 0.2) is 6.29 Å². The highest BCUT2D eigenvalue weighted by molar-refractivity contribution is 5.87. The Morgan fingerprint density at radius 1 is 1.44 bits per heavy atom. The number of nitrogens with zero attached hydrogens (tertiary/aromatic N) is 1. The number of hydrogen-bond acceptors (Lipinski definition) is 5. The Hall–Kier alpha value is -1.66. The maximum atomic E-state index is 10.6. The summed E-state index contributed by atoms with van der Waals surface area (Å²) in [6, 6.07) is 3.01. The molecular formula is C12H15NO5. The maximum absolute atomic E-state index is 10.6. The first-order valence-electron chi connectivity index (χ1n) is 5.81. The molecule has 1 aromatic heterocycles. The van der Waals surface area contributed by atoms with Gasteiger partial charge in [0.05, 0.1) is 25.4 Å². The van der Waals surface area contributed by atoms with Gasteiger partial charge >= 0.3 is 5.97 Å². The second-order valence-electron chi connectivity index (χ2n) is 3.85. The van der Waals surface area contributed by atoms with Crippen LogP contribution < -0.4 is 4.74 Å². The summed E-state index contributed by atoms with van der Waals surface area (Å²) in [4.78, 5) is 14.5. The number of carbonyl (C=O) groups is 1. The molecule has 1 aromatic rings. The van der Waals surface area contributed by atoms with Crippen molar-refractivity contribution in [2.75, 3.05) is 19.8 Å². The van der Waals surface area contributed by atoms with Gasteiger partial charge in [-0.15, -0.1) is 0 Å². The third-order valence-corrected chi connectivity index (χ3v) is 2.51. The fourth-order valence-corrected chi connectivity index (χ4v) is 1.59. The Labute approximate surface area is 104 Å². The van der Waals surface area contributed by atoms with Gasteiger partial charge in [-0.2, -0.15) is 0 Å². The number of carboxylic acid groups (broad SMARTS) is 1. The van der Waals surface area contributed by atoms with Crippen molar-refractivity contribution >= 4 is 5.97 Å². The Kier molecular flexibility index (Phi) is 4.49. The molecule has 0 bridgehead atoms. The van der Waals surface area contributed by atoms with E-state index < -0.39 is 5.97 Å². The third-order valence-electron chi connectivity index (χ3n) is 2.51. The van der Waals surface area contributed by atoms with Crippen LogP contribution in [0, 0.1) is 0 Å². The largest absolute Gasteiger partial charge is 0.478 e. The molecular weight excluding hydrogens is 238 g/mol. The Morgan fingerprint density at radius 2 is 2.22 bits per heavy atom. The van der Waals surface area contributed by atoms with E-state index in [-0.39, 0.29) is 11.9 Å². The highest BCUT2D eigenvalue weighted by atomic mass is 16.7. The number of aromatic nitrogens is 1. The standard InChI is InChI=1S/C12H15NO5/c14-12(15)9-3-4-10(13-8-9)16-5-1-2-11-17-6-7-18-11/h3-4,8,11H,1-2,5-7H2,(H,14,15). The summed E-state index contributed by atoms with van der Waals surface area (Å²) in [6.45, 7) is 1.82. The minimum atomic E-state index is -0.996. The molecule has 18 heavy (non-hydrogen) atoms. The molecule has 98 valence electrons. The summed E-state index contributed by atoms with van der Waals surface area (Å²) in [5.74, 6) is -0.571. The zero-order valence-corrected chi connectivity index (χ0v) is 9.87. The molecule has 1 aliphatic rings. The van der Waals surface area contributed by atoms with Gasteiger partial charge in [0.25, 0.3) is 0 Å². The quantitative estimate of drug-likeness (QED) is 0.770. The molecule has 0 atom stereocenters. The Balaban J connectivity index is 1.68. The van der Waals surface area contributed by atoms with E-state index in [0.29, 0.717) is 25.7 Å². The zero-order chi connectivity index (χ0) is 12.8. The minimum Gasteiger partial charge on any atom is -0.478 e. The van der Waals surface area contributed by atoms with E-state index in [1.54, 1.807) is 6.07 Å². The van der Waals surface area contributed by atoms with Crippen molar-refractivity contribution in [3.05, 3.63) is 23.9 Å². The minimum absolute atomic E-state index is 0.115. The lowest BCUT2D eigenvalue weighted by molar-refractivity contribution is -0.0493. The van der Waals surface area contributed by atoms with E-state index in [9.17, 15) is 4.79 Å². The number of carboxylic acids is 1. The van der Waals surface area contributed by atoms with E-state index >= 15 is 0 Å². The highest BCUT2D eigenvalue weighted by Crippen LogP contribution is 2.12. The van der Waals surface area contributed by atoms with E-state index in [1.165, 1.54) is 12.3 Å². The smallest absolute Gasteiger partial charge is 0.337 e. The summed E-state index contributed by atoms with van der Waals surface area (Å²) in [5.41, 5.74) is 0.148.